The summed E-state index contributed by atoms with van der Waals surface area (Å²) in [7, 11) is 0. The van der Waals surface area contributed by atoms with Crippen LogP contribution in [-0.4, -0.2) is 8.76 Å². The molecule has 0 aromatic heterocycles. The van der Waals surface area contributed by atoms with Gasteiger partial charge in [-0.2, -0.15) is 4.21 Å². The van der Waals surface area contributed by atoms with Crippen LogP contribution in [0.3, 0.4) is 0 Å². The summed E-state index contributed by atoms with van der Waals surface area (Å²) < 4.78 is 25.7. The molecule has 5 aromatic carbocycles. The Balaban J connectivity index is 2.16. The van der Waals surface area contributed by atoms with E-state index in [0.717, 1.165) is 37.7 Å². The highest BCUT2D eigenvalue weighted by Crippen LogP contribution is 2.43. The highest BCUT2D eigenvalue weighted by atomic mass is 32.2. The molecule has 24 heavy (non-hydrogen) atoms. The minimum absolute atomic E-state index is 0.429. The molecular weight excluding hydrogens is 320 g/mol. The molecule has 0 saturated heterocycles. The van der Waals surface area contributed by atoms with Crippen LogP contribution in [0.5, 0.6) is 5.75 Å². The fourth-order valence-electron chi connectivity index (χ4n) is 3.77. The Labute approximate surface area is 140 Å². The van der Waals surface area contributed by atoms with Crippen molar-refractivity contribution in [3.05, 3.63) is 66.7 Å². The number of benzene rings is 5. The summed E-state index contributed by atoms with van der Waals surface area (Å²) in [4.78, 5) is 0. The average molecular weight is 332 g/mol. The standard InChI is InChI=1S/C20H12O3S/c21-24(22)23-17-11-10-13-6-2-8-15-14-7-1-4-12-5-3-9-16(18(12)14)20(17)19(13)15/h1-11H,(H,21,22). The third kappa shape index (κ3) is 1.78. The Bertz CT molecular complexity index is 1250. The molecule has 0 bridgehead atoms. The molecule has 0 aliphatic rings. The van der Waals surface area contributed by atoms with Crippen molar-refractivity contribution in [3.8, 4) is 5.75 Å². The number of rotatable bonds is 2. The van der Waals surface area contributed by atoms with Gasteiger partial charge < -0.3 is 4.18 Å². The Morgan fingerprint density at radius 2 is 1.25 bits per heavy atom. The van der Waals surface area contributed by atoms with Crippen LogP contribution in [0.15, 0.2) is 66.7 Å². The van der Waals surface area contributed by atoms with E-state index in [0.29, 0.717) is 5.75 Å². The number of hydrogen-bond acceptors (Lipinski definition) is 2. The van der Waals surface area contributed by atoms with Gasteiger partial charge in [0, 0.05) is 10.8 Å². The van der Waals surface area contributed by atoms with Gasteiger partial charge in [0.15, 0.2) is 5.75 Å². The molecule has 5 aromatic rings. The smallest absolute Gasteiger partial charge is 0.357 e. The topological polar surface area (TPSA) is 46.5 Å². The average Bonchev–Trinajstić information content (AvgIpc) is 2.59. The molecule has 0 saturated carbocycles. The lowest BCUT2D eigenvalue weighted by Crippen LogP contribution is -1.99. The lowest BCUT2D eigenvalue weighted by molar-refractivity contribution is 0.460. The summed E-state index contributed by atoms with van der Waals surface area (Å²) >= 11 is -2.36. The molecule has 0 heterocycles. The second-order valence-corrected chi connectivity index (χ2v) is 6.45. The van der Waals surface area contributed by atoms with Crippen molar-refractivity contribution in [2.24, 2.45) is 0 Å². The van der Waals surface area contributed by atoms with Crippen molar-refractivity contribution in [1.29, 1.82) is 0 Å². The second kappa shape index (κ2) is 4.90. The van der Waals surface area contributed by atoms with Gasteiger partial charge in [-0.05, 0) is 38.4 Å². The maximum atomic E-state index is 11.3. The minimum atomic E-state index is -2.36. The van der Waals surface area contributed by atoms with Gasteiger partial charge in [-0.15, -0.1) is 0 Å². The normalized spacial score (nSPS) is 13.2. The van der Waals surface area contributed by atoms with E-state index in [2.05, 4.69) is 36.4 Å². The van der Waals surface area contributed by atoms with E-state index in [1.54, 1.807) is 6.07 Å². The summed E-state index contributed by atoms with van der Waals surface area (Å²) in [5.41, 5.74) is 0. The first-order valence-electron chi connectivity index (χ1n) is 7.61. The molecule has 1 unspecified atom stereocenters. The Kier molecular flexibility index (Phi) is 2.80. The summed E-state index contributed by atoms with van der Waals surface area (Å²) in [6.45, 7) is 0. The van der Waals surface area contributed by atoms with Crippen molar-refractivity contribution in [2.75, 3.05) is 0 Å². The molecule has 0 spiro atoms. The van der Waals surface area contributed by atoms with Crippen LogP contribution in [-0.2, 0) is 11.4 Å². The zero-order valence-corrected chi connectivity index (χ0v) is 13.3. The molecule has 4 heteroatoms. The largest absolute Gasteiger partial charge is 0.379 e. The van der Waals surface area contributed by atoms with Crippen LogP contribution >= 0.6 is 0 Å². The summed E-state index contributed by atoms with van der Waals surface area (Å²) in [6, 6.07) is 22.3. The fourth-order valence-corrected chi connectivity index (χ4v) is 4.06. The predicted molar refractivity (Wildman–Crippen MR) is 99.1 cm³/mol. The van der Waals surface area contributed by atoms with Crippen LogP contribution in [0.25, 0.3) is 43.1 Å². The van der Waals surface area contributed by atoms with E-state index in [-0.39, 0.29) is 0 Å². The first kappa shape index (κ1) is 13.7. The number of hydrogen-bond donors (Lipinski definition) is 1. The summed E-state index contributed by atoms with van der Waals surface area (Å²) in [5.74, 6) is 0.429. The monoisotopic (exact) mass is 332 g/mol. The summed E-state index contributed by atoms with van der Waals surface area (Å²) in [6.07, 6.45) is 0. The van der Waals surface area contributed by atoms with Crippen molar-refractivity contribution in [2.45, 2.75) is 0 Å². The molecule has 1 atom stereocenters. The lowest BCUT2D eigenvalue weighted by Gasteiger charge is -2.16. The first-order chi connectivity index (χ1) is 11.7. The molecule has 3 nitrogen and oxygen atoms in total. The van der Waals surface area contributed by atoms with Crippen LogP contribution in [0.4, 0.5) is 0 Å². The van der Waals surface area contributed by atoms with E-state index in [1.165, 1.54) is 5.39 Å². The van der Waals surface area contributed by atoms with Crippen LogP contribution in [0.1, 0.15) is 0 Å². The van der Waals surface area contributed by atoms with Crippen LogP contribution in [0.2, 0.25) is 0 Å². The van der Waals surface area contributed by atoms with Gasteiger partial charge >= 0.3 is 11.4 Å². The molecule has 0 radical (unpaired) electrons. The molecule has 0 aliphatic carbocycles. The van der Waals surface area contributed by atoms with Gasteiger partial charge in [0.05, 0.1) is 0 Å². The highest BCUT2D eigenvalue weighted by Gasteiger charge is 2.16. The highest BCUT2D eigenvalue weighted by molar-refractivity contribution is 7.74. The molecule has 0 fully saturated rings. The Hall–Kier alpha value is -2.69. The molecule has 116 valence electrons. The quantitative estimate of drug-likeness (QED) is 0.273. The molecule has 1 N–H and O–H groups in total. The van der Waals surface area contributed by atoms with Crippen molar-refractivity contribution in [1.82, 2.24) is 0 Å². The molecule has 0 amide bonds. The van der Waals surface area contributed by atoms with Gasteiger partial charge in [0.25, 0.3) is 0 Å². The van der Waals surface area contributed by atoms with Gasteiger partial charge in [-0.1, -0.05) is 60.7 Å². The Morgan fingerprint density at radius 1 is 0.667 bits per heavy atom. The van der Waals surface area contributed by atoms with Gasteiger partial charge in [0.1, 0.15) is 0 Å². The van der Waals surface area contributed by atoms with E-state index in [9.17, 15) is 8.76 Å². The van der Waals surface area contributed by atoms with Crippen molar-refractivity contribution >= 4 is 54.5 Å². The second-order valence-electron chi connectivity index (χ2n) is 5.85. The van der Waals surface area contributed by atoms with Gasteiger partial charge in [-0.25, -0.2) is 0 Å². The molecule has 5 rings (SSSR count). The van der Waals surface area contributed by atoms with Crippen molar-refractivity contribution < 1.29 is 12.9 Å². The summed E-state index contributed by atoms with van der Waals surface area (Å²) in [5, 5.41) is 8.68. The lowest BCUT2D eigenvalue weighted by atomic mass is 9.89. The Morgan fingerprint density at radius 3 is 1.92 bits per heavy atom. The maximum Gasteiger partial charge on any atom is 0.357 e. The zero-order valence-electron chi connectivity index (χ0n) is 12.5. The first-order valence-corrected chi connectivity index (χ1v) is 8.64. The fraction of sp³-hybridized carbons (Fsp3) is 0. The van der Waals surface area contributed by atoms with E-state index < -0.39 is 11.4 Å². The number of fused-ring (bicyclic) bond motifs is 2. The predicted octanol–water partition coefficient (Wildman–Crippen LogP) is 5.25. The van der Waals surface area contributed by atoms with Crippen LogP contribution in [0, 0.1) is 0 Å². The van der Waals surface area contributed by atoms with Gasteiger partial charge in [-0.3, -0.25) is 4.55 Å². The van der Waals surface area contributed by atoms with E-state index in [1.807, 2.05) is 24.3 Å². The third-order valence-corrected chi connectivity index (χ3v) is 4.95. The molecular formula is C20H12O3S. The SMILES string of the molecule is O=S(O)Oc1ccc2cccc3c4cccc5cccc(c1c23)c54. The third-order valence-electron chi connectivity index (χ3n) is 4.63. The van der Waals surface area contributed by atoms with Crippen molar-refractivity contribution in [3.63, 3.8) is 0 Å². The maximum absolute atomic E-state index is 11.3. The van der Waals surface area contributed by atoms with E-state index in [4.69, 9.17) is 4.18 Å². The van der Waals surface area contributed by atoms with E-state index >= 15 is 0 Å². The van der Waals surface area contributed by atoms with Gasteiger partial charge in [0.2, 0.25) is 0 Å². The molecule has 0 aliphatic heterocycles. The minimum Gasteiger partial charge on any atom is -0.379 e. The zero-order chi connectivity index (χ0) is 16.3. The van der Waals surface area contributed by atoms with Crippen LogP contribution < -0.4 is 4.18 Å².